The molecule has 1 nitrogen and oxygen atoms in total. The molecule has 76 heavy (non-hydrogen) atoms. The molecule has 0 radical (unpaired) electrons. The van der Waals surface area contributed by atoms with Crippen LogP contribution in [0.1, 0.15) is 129 Å². The van der Waals surface area contributed by atoms with Gasteiger partial charge in [0.2, 0.25) is 0 Å². The van der Waals surface area contributed by atoms with E-state index in [0.717, 1.165) is 24.2 Å². The largest absolute Gasteiger partial charge is 0.310 e. The molecule has 0 bridgehead atoms. The number of anilines is 3. The molecule has 10 aromatic carbocycles. The van der Waals surface area contributed by atoms with Crippen LogP contribution in [0, 0.1) is 0 Å². The highest BCUT2D eigenvalue weighted by Gasteiger charge is 2.53. The van der Waals surface area contributed by atoms with Crippen LogP contribution in [0.4, 0.5) is 17.1 Å². The van der Waals surface area contributed by atoms with Gasteiger partial charge in [-0.05, 0) is 182 Å². The van der Waals surface area contributed by atoms with Crippen LogP contribution >= 0.6 is 0 Å². The number of aryl methyl sites for hydroxylation is 1. The quantitative estimate of drug-likeness (QED) is 0.170. The molecule has 5 aliphatic rings. The first-order valence-corrected chi connectivity index (χ1v) is 27.7. The van der Waals surface area contributed by atoms with E-state index in [2.05, 4.69) is 273 Å². The van der Waals surface area contributed by atoms with Crippen LogP contribution < -0.4 is 4.90 Å². The Balaban J connectivity index is 0.964. The minimum atomic E-state index is -0.510. The molecule has 2 spiro atoms. The summed E-state index contributed by atoms with van der Waals surface area (Å²) in [5.74, 6) is 0. The van der Waals surface area contributed by atoms with E-state index in [-0.39, 0.29) is 21.7 Å². The van der Waals surface area contributed by atoms with E-state index in [0.29, 0.717) is 0 Å². The molecule has 10 aromatic rings. The van der Waals surface area contributed by atoms with Gasteiger partial charge in [0.15, 0.2) is 0 Å². The van der Waals surface area contributed by atoms with Crippen molar-refractivity contribution >= 4 is 17.1 Å². The van der Waals surface area contributed by atoms with Crippen molar-refractivity contribution in [3.63, 3.8) is 0 Å². The molecule has 15 rings (SSSR count). The maximum atomic E-state index is 2.57. The van der Waals surface area contributed by atoms with E-state index in [1.54, 1.807) is 0 Å². The van der Waals surface area contributed by atoms with Crippen LogP contribution in [-0.4, -0.2) is 0 Å². The molecule has 1 unspecified atom stereocenters. The molecular formula is C75H63N. The summed E-state index contributed by atoms with van der Waals surface area (Å²) in [5, 5.41) is 0. The van der Waals surface area contributed by atoms with E-state index >= 15 is 0 Å². The molecule has 1 atom stereocenters. The lowest BCUT2D eigenvalue weighted by atomic mass is 9.70. The summed E-state index contributed by atoms with van der Waals surface area (Å²) in [4.78, 5) is 2.57. The monoisotopic (exact) mass is 977 g/mol. The lowest BCUT2D eigenvalue weighted by molar-refractivity contribution is 0.589. The molecule has 5 aliphatic carbocycles. The summed E-state index contributed by atoms with van der Waals surface area (Å²) in [6, 6.07) is 82.8. The van der Waals surface area contributed by atoms with Crippen molar-refractivity contribution in [3.05, 3.63) is 279 Å². The average Bonchev–Trinajstić information content (AvgIpc) is 4.38. The minimum absolute atomic E-state index is 0.000558. The average molecular weight is 978 g/mol. The smallest absolute Gasteiger partial charge is 0.0726 e. The van der Waals surface area contributed by atoms with Gasteiger partial charge in [0.25, 0.3) is 0 Å². The zero-order chi connectivity index (χ0) is 51.7. The number of fused-ring (bicyclic) bond motifs is 20. The van der Waals surface area contributed by atoms with Crippen molar-refractivity contribution in [1.82, 2.24) is 0 Å². The predicted octanol–water partition coefficient (Wildman–Crippen LogP) is 19.3. The van der Waals surface area contributed by atoms with E-state index in [9.17, 15) is 0 Å². The van der Waals surface area contributed by atoms with Crippen LogP contribution in [-0.2, 0) is 33.5 Å². The normalized spacial score (nSPS) is 17.1. The van der Waals surface area contributed by atoms with Gasteiger partial charge in [-0.1, -0.05) is 231 Å². The Bertz CT molecular complexity index is 4050. The van der Waals surface area contributed by atoms with Crippen LogP contribution in [0.15, 0.2) is 212 Å². The van der Waals surface area contributed by atoms with Gasteiger partial charge in [0.1, 0.15) is 0 Å². The topological polar surface area (TPSA) is 3.24 Å². The SMILES string of the molecule is CC(C)(C)c1ccc2c(c1)-c1cc(C(C)(C)C)ccc1C21c2ccccc2-c2ccc(N(c3ccc(-c4cccc5c4C(C)(C)c4ccccc4-5)cc3)c3ccc4c(c3)C3(CCc5ccccc53)c3ccccc3-4)cc21. The molecule has 0 heterocycles. The maximum absolute atomic E-state index is 2.57. The number of hydrogen-bond donors (Lipinski definition) is 0. The van der Waals surface area contributed by atoms with Crippen molar-refractivity contribution < 1.29 is 0 Å². The van der Waals surface area contributed by atoms with Crippen molar-refractivity contribution in [2.75, 3.05) is 4.90 Å². The maximum Gasteiger partial charge on any atom is 0.0726 e. The second kappa shape index (κ2) is 15.5. The van der Waals surface area contributed by atoms with Crippen molar-refractivity contribution in [2.45, 2.75) is 95.3 Å². The summed E-state index contributed by atoms with van der Waals surface area (Å²) < 4.78 is 0. The summed E-state index contributed by atoms with van der Waals surface area (Å²) in [7, 11) is 0. The minimum Gasteiger partial charge on any atom is -0.310 e. The van der Waals surface area contributed by atoms with Gasteiger partial charge in [-0.3, -0.25) is 0 Å². The van der Waals surface area contributed by atoms with Crippen molar-refractivity contribution in [1.29, 1.82) is 0 Å². The van der Waals surface area contributed by atoms with Gasteiger partial charge in [0, 0.05) is 27.9 Å². The summed E-state index contributed by atoms with van der Waals surface area (Å²) in [5.41, 5.74) is 32.6. The molecule has 0 saturated heterocycles. The molecular weight excluding hydrogens is 915 g/mol. The Labute approximate surface area is 449 Å². The summed E-state index contributed by atoms with van der Waals surface area (Å²) in [6.07, 6.45) is 2.12. The van der Waals surface area contributed by atoms with E-state index in [1.165, 1.54) is 128 Å². The zero-order valence-electron chi connectivity index (χ0n) is 45.1. The van der Waals surface area contributed by atoms with Crippen molar-refractivity contribution in [2.24, 2.45) is 0 Å². The zero-order valence-corrected chi connectivity index (χ0v) is 45.1. The van der Waals surface area contributed by atoms with Gasteiger partial charge >= 0.3 is 0 Å². The summed E-state index contributed by atoms with van der Waals surface area (Å²) in [6.45, 7) is 18.9. The third-order valence-corrected chi connectivity index (χ3v) is 18.8. The molecule has 0 fully saturated rings. The lowest BCUT2D eigenvalue weighted by Crippen LogP contribution is -2.26. The fourth-order valence-corrected chi connectivity index (χ4v) is 15.2. The molecule has 0 aromatic heterocycles. The van der Waals surface area contributed by atoms with E-state index in [1.807, 2.05) is 0 Å². The van der Waals surface area contributed by atoms with Crippen LogP contribution in [0.3, 0.4) is 0 Å². The van der Waals surface area contributed by atoms with E-state index < -0.39 is 5.41 Å². The van der Waals surface area contributed by atoms with Crippen molar-refractivity contribution in [3.8, 4) is 55.6 Å². The number of benzene rings is 10. The highest BCUT2D eigenvalue weighted by molar-refractivity contribution is 5.98. The Morgan fingerprint density at radius 1 is 0.342 bits per heavy atom. The highest BCUT2D eigenvalue weighted by Crippen LogP contribution is 2.65. The first-order valence-electron chi connectivity index (χ1n) is 27.7. The third kappa shape index (κ3) is 5.98. The first kappa shape index (κ1) is 45.4. The number of hydrogen-bond acceptors (Lipinski definition) is 1. The van der Waals surface area contributed by atoms with Gasteiger partial charge in [-0.15, -0.1) is 0 Å². The molecule has 0 aliphatic heterocycles. The molecule has 1 heteroatoms. The van der Waals surface area contributed by atoms with Crippen LogP contribution in [0.2, 0.25) is 0 Å². The number of rotatable bonds is 4. The second-order valence-electron chi connectivity index (χ2n) is 25.2. The number of nitrogens with zero attached hydrogens (tertiary/aromatic N) is 1. The molecule has 0 saturated carbocycles. The fraction of sp³-hybridized carbons (Fsp3) is 0.200. The Kier molecular flexibility index (Phi) is 9.29. The standard InChI is InChI=1S/C75H63N/c1-71(2,3)48-30-38-66-60(42-48)61-43-49(72(4,5)6)31-39-67(61)75(66)65-27-16-12-20-55(65)58-37-35-52(45-69(58)75)76(50-32-28-46(29-33-50)53-22-17-23-59-56-21-10-14-25-63(56)73(7,8)70(53)59)51-34-36-57-54-19-11-15-26-64(54)74(68(57)44-51)41-40-47-18-9-13-24-62(47)74/h9-39,42-45H,40-41H2,1-8H3. The van der Waals surface area contributed by atoms with Gasteiger partial charge in [-0.25, -0.2) is 0 Å². The predicted molar refractivity (Wildman–Crippen MR) is 318 cm³/mol. The van der Waals surface area contributed by atoms with Crippen LogP contribution in [0.25, 0.3) is 55.6 Å². The van der Waals surface area contributed by atoms with Crippen LogP contribution in [0.5, 0.6) is 0 Å². The van der Waals surface area contributed by atoms with Gasteiger partial charge in [-0.2, -0.15) is 0 Å². The molecule has 368 valence electrons. The highest BCUT2D eigenvalue weighted by atomic mass is 15.1. The Hall–Kier alpha value is -8.00. The Morgan fingerprint density at radius 3 is 1.43 bits per heavy atom. The van der Waals surface area contributed by atoms with Gasteiger partial charge < -0.3 is 4.90 Å². The second-order valence-corrected chi connectivity index (χ2v) is 25.2. The lowest BCUT2D eigenvalue weighted by Gasteiger charge is -2.33. The summed E-state index contributed by atoms with van der Waals surface area (Å²) >= 11 is 0. The molecule has 0 amide bonds. The fourth-order valence-electron chi connectivity index (χ4n) is 15.2. The first-order chi connectivity index (χ1) is 36.7. The Morgan fingerprint density at radius 2 is 0.803 bits per heavy atom. The van der Waals surface area contributed by atoms with Gasteiger partial charge in [0.05, 0.1) is 5.41 Å². The van der Waals surface area contributed by atoms with E-state index in [4.69, 9.17) is 0 Å². The third-order valence-electron chi connectivity index (χ3n) is 18.8. The molecule has 0 N–H and O–H groups in total.